The highest BCUT2D eigenvalue weighted by atomic mass is 35.5. The molecule has 6 aromatic rings. The van der Waals surface area contributed by atoms with Crippen molar-refractivity contribution in [2.45, 2.75) is 119 Å². The van der Waals surface area contributed by atoms with Gasteiger partial charge in [0.1, 0.15) is 46.5 Å². The van der Waals surface area contributed by atoms with Crippen LogP contribution in [0.3, 0.4) is 0 Å². The number of nitrogens with one attached hydrogen (secondary N) is 2. The van der Waals surface area contributed by atoms with Gasteiger partial charge in [-0.1, -0.05) is 28.7 Å². The molecule has 0 bridgehead atoms. The summed E-state index contributed by atoms with van der Waals surface area (Å²) in [5, 5.41) is 30.5. The molecular formula is C46H41ClF9N9O5S. The lowest BCUT2D eigenvalue weighted by molar-refractivity contribution is -0.144. The van der Waals surface area contributed by atoms with E-state index in [1.165, 1.54) is 52.0 Å². The number of amides is 1. The van der Waals surface area contributed by atoms with E-state index >= 15 is 8.78 Å². The molecule has 0 spiro atoms. The van der Waals surface area contributed by atoms with Gasteiger partial charge in [0.25, 0.3) is 12.3 Å². The highest BCUT2D eigenvalue weighted by molar-refractivity contribution is 7.93. The number of rotatable bonds is 14. The van der Waals surface area contributed by atoms with Gasteiger partial charge in [-0.05, 0) is 108 Å². The van der Waals surface area contributed by atoms with E-state index < -0.39 is 116 Å². The highest BCUT2D eigenvalue weighted by Gasteiger charge is 2.63. The Morgan fingerprint density at radius 3 is 2.27 bits per heavy atom. The third-order valence-corrected chi connectivity index (χ3v) is 15.9. The molecule has 4 heterocycles. The van der Waals surface area contributed by atoms with E-state index in [0.717, 1.165) is 16.8 Å². The van der Waals surface area contributed by atoms with Crippen molar-refractivity contribution in [1.82, 2.24) is 40.1 Å². The number of pyridine rings is 1. The summed E-state index contributed by atoms with van der Waals surface area (Å²) < 4.78 is 165. The first-order valence-corrected chi connectivity index (χ1v) is 24.0. The number of aliphatic hydroxyl groups is 1. The first-order chi connectivity index (χ1) is 33.1. The minimum Gasteiger partial charge on any atom is -0.405 e. The van der Waals surface area contributed by atoms with Crippen LogP contribution < -0.4 is 10.6 Å². The zero-order valence-electron chi connectivity index (χ0n) is 37.8. The van der Waals surface area contributed by atoms with Crippen LogP contribution in [-0.2, 0) is 51.8 Å². The zero-order chi connectivity index (χ0) is 51.3. The summed E-state index contributed by atoms with van der Waals surface area (Å²) >= 11 is 6.75. The molecule has 2 saturated carbocycles. The smallest absolute Gasteiger partial charge is 0.405 e. The van der Waals surface area contributed by atoms with Crippen LogP contribution in [0.5, 0.6) is 0 Å². The van der Waals surface area contributed by atoms with Crippen molar-refractivity contribution in [1.29, 1.82) is 0 Å². The summed E-state index contributed by atoms with van der Waals surface area (Å²) in [5.74, 6) is -4.59. The lowest BCUT2D eigenvalue weighted by Gasteiger charge is -2.34. The Morgan fingerprint density at radius 2 is 1.66 bits per heavy atom. The molecule has 3 N–H and O–H groups in total. The number of carbonyl (C=O) groups excluding carboxylic acids is 1. The maximum absolute atomic E-state index is 15.9. The van der Waals surface area contributed by atoms with Crippen LogP contribution in [0.15, 0.2) is 46.9 Å². The number of alkyl halides is 7. The average Bonchev–Trinajstić information content (AvgIpc) is 3.67. The largest absolute Gasteiger partial charge is 0.435 e. The number of aromatic nitrogens is 7. The molecule has 25 heteroatoms. The monoisotopic (exact) mass is 1040 g/mol. The Bertz CT molecular complexity index is 3280. The number of hydrogen-bond acceptors (Lipinski definition) is 11. The fraction of sp³-hybridized carbons (Fsp3) is 0.435. The van der Waals surface area contributed by atoms with E-state index in [4.69, 9.17) is 21.0 Å². The lowest BCUT2D eigenvalue weighted by Crippen LogP contribution is -2.36. The van der Waals surface area contributed by atoms with Crippen molar-refractivity contribution in [3.63, 3.8) is 0 Å². The molecule has 2 aromatic carbocycles. The second-order valence-corrected chi connectivity index (χ2v) is 21.9. The quantitative estimate of drug-likeness (QED) is 0.0699. The third-order valence-electron chi connectivity index (χ3n) is 12.7. The molecule has 0 radical (unpaired) electrons. The molecule has 71 heavy (non-hydrogen) atoms. The summed E-state index contributed by atoms with van der Waals surface area (Å²) in [6.07, 6.45) is -7.89. The summed E-state index contributed by atoms with van der Waals surface area (Å²) in [5.41, 5.74) is -5.43. The predicted octanol–water partition coefficient (Wildman–Crippen LogP) is 9.27. The highest BCUT2D eigenvalue weighted by Crippen LogP contribution is 2.64. The molecule has 0 aliphatic heterocycles. The van der Waals surface area contributed by atoms with Crippen LogP contribution in [0.1, 0.15) is 105 Å². The van der Waals surface area contributed by atoms with Gasteiger partial charge in [-0.2, -0.15) is 32.1 Å². The number of hydrogen-bond donors (Lipinski definition) is 3. The molecule has 0 saturated heterocycles. The topological polar surface area (TPSA) is 183 Å². The fourth-order valence-corrected chi connectivity index (χ4v) is 11.1. The Balaban J connectivity index is 1.22. The number of anilines is 2. The molecule has 2 fully saturated rings. The number of nitrogens with zero attached hydrogens (tertiary/aromatic N) is 7. The SMILES string of the molecule is CC(C)(O)c1nnc(Nc2nn(CC(F)F)c3c(-c4ccc(C#CC(C)(C)S(=O)(=O)C5CC5)nc4[C@H](Cc4cc(F)cc(F)c4)NC(=O)Cn4nc(C(F)(F)F)c5c4C(F)(F)[C@@H]4CC[C@H]54)ccc(Cl)c23)o1. The number of halogens is 10. The van der Waals surface area contributed by atoms with Gasteiger partial charge in [0.05, 0.1) is 32.9 Å². The van der Waals surface area contributed by atoms with Crippen LogP contribution in [0.25, 0.3) is 22.0 Å². The van der Waals surface area contributed by atoms with E-state index in [0.29, 0.717) is 23.6 Å². The molecule has 0 unspecified atom stereocenters. The van der Waals surface area contributed by atoms with E-state index in [2.05, 4.69) is 42.9 Å². The fourth-order valence-electron chi connectivity index (χ4n) is 9.10. The van der Waals surface area contributed by atoms with Gasteiger partial charge in [0.2, 0.25) is 11.8 Å². The first kappa shape index (κ1) is 49.8. The summed E-state index contributed by atoms with van der Waals surface area (Å²) in [7, 11) is -3.78. The maximum atomic E-state index is 15.9. The third kappa shape index (κ3) is 9.31. The van der Waals surface area contributed by atoms with Crippen LogP contribution in [0, 0.1) is 29.4 Å². The minimum atomic E-state index is -5.16. The van der Waals surface area contributed by atoms with E-state index in [-0.39, 0.29) is 74.6 Å². The number of benzene rings is 2. The Labute approximate surface area is 403 Å². The summed E-state index contributed by atoms with van der Waals surface area (Å²) in [4.78, 5) is 19.0. The van der Waals surface area contributed by atoms with Crippen molar-refractivity contribution in [3.8, 4) is 23.0 Å². The molecule has 376 valence electrons. The molecule has 3 aliphatic carbocycles. The number of carbonyl (C=O) groups is 1. The molecule has 14 nitrogen and oxygen atoms in total. The maximum Gasteiger partial charge on any atom is 0.435 e. The Kier molecular flexibility index (Phi) is 12.3. The van der Waals surface area contributed by atoms with Gasteiger partial charge < -0.3 is 14.8 Å². The molecule has 4 aromatic heterocycles. The van der Waals surface area contributed by atoms with Crippen molar-refractivity contribution >= 4 is 50.1 Å². The molecule has 3 atom stereocenters. The van der Waals surface area contributed by atoms with E-state index in [1.807, 2.05) is 0 Å². The second-order valence-electron chi connectivity index (χ2n) is 18.8. The Hall–Kier alpha value is -6.19. The molecule has 1 amide bonds. The van der Waals surface area contributed by atoms with Crippen LogP contribution in [-0.4, -0.2) is 70.6 Å². The van der Waals surface area contributed by atoms with Crippen molar-refractivity contribution < 1.29 is 62.2 Å². The predicted molar refractivity (Wildman–Crippen MR) is 237 cm³/mol. The van der Waals surface area contributed by atoms with Gasteiger partial charge in [-0.3, -0.25) is 19.5 Å². The number of sulfone groups is 1. The Morgan fingerprint density at radius 1 is 0.972 bits per heavy atom. The van der Waals surface area contributed by atoms with E-state index in [9.17, 15) is 49.1 Å². The molecule has 9 rings (SSSR count). The van der Waals surface area contributed by atoms with Crippen molar-refractivity contribution in [2.75, 3.05) is 5.32 Å². The lowest BCUT2D eigenvalue weighted by atomic mass is 9.73. The van der Waals surface area contributed by atoms with Gasteiger partial charge in [0, 0.05) is 28.7 Å². The average molecular weight is 1040 g/mol. The standard InChI is InChI=1S/C46H41ClF9N9O5S/c1-43(2,71(68,69)25-6-7-25)14-13-24-5-8-26(27-10-12-30(47)35-37(27)64(19-32(50)51)63-40(35)59-42-61-60-41(70-42)44(3,4)67)36(57-24)31(17-21-15-22(48)18-23(49)16-21)58-33(66)20-65-39-34(38(62-65)46(54,55)56)28-9-11-29(28)45(39,52)53/h5,8,10,12,15-16,18,25,28-29,31-32,67H,6-7,9,11,17,19-20H2,1-4H3,(H,58,66)(H,59,61,63)/t28-,29+,31-/m0/s1. The van der Waals surface area contributed by atoms with Gasteiger partial charge >= 0.3 is 12.2 Å². The molecule has 3 aliphatic rings. The first-order valence-electron chi connectivity index (χ1n) is 22.0. The van der Waals surface area contributed by atoms with E-state index in [1.54, 1.807) is 0 Å². The summed E-state index contributed by atoms with van der Waals surface area (Å²) in [6, 6.07) is 5.95. The van der Waals surface area contributed by atoms with Crippen LogP contribution in [0.2, 0.25) is 5.02 Å². The number of fused-ring (bicyclic) bond motifs is 4. The molecular weight excluding hydrogens is 997 g/mol. The van der Waals surface area contributed by atoms with Crippen molar-refractivity contribution in [2.24, 2.45) is 5.92 Å². The minimum absolute atomic E-state index is 0.00391. The van der Waals surface area contributed by atoms with Crippen LogP contribution >= 0.6 is 11.6 Å². The van der Waals surface area contributed by atoms with Gasteiger partial charge in [-0.15, -0.1) is 5.10 Å². The summed E-state index contributed by atoms with van der Waals surface area (Å²) in [6.45, 7) is 3.29. The second kappa shape index (κ2) is 17.5. The van der Waals surface area contributed by atoms with Gasteiger partial charge in [0.15, 0.2) is 21.3 Å². The van der Waals surface area contributed by atoms with Gasteiger partial charge in [-0.25, -0.2) is 31.0 Å². The van der Waals surface area contributed by atoms with Crippen molar-refractivity contribution in [3.05, 3.63) is 98.9 Å². The normalized spacial score (nSPS) is 18.2. The van der Waals surface area contributed by atoms with Crippen LogP contribution in [0.4, 0.5) is 51.3 Å². The zero-order valence-corrected chi connectivity index (χ0v) is 39.3.